The first-order chi connectivity index (χ1) is 7.43. The molecular weight excluding hydrogens is 196 g/mol. The Bertz CT molecular complexity index is 364. The fraction of sp³-hybridized carbons (Fsp3) is 0.667. The van der Waals surface area contributed by atoms with Crippen LogP contribution in [0.4, 0.5) is 0 Å². The van der Waals surface area contributed by atoms with Gasteiger partial charge in [-0.1, -0.05) is 31.6 Å². The minimum Gasteiger partial charge on any atom is -0.295 e. The number of rotatable bonds is 1. The molecule has 2 aliphatic rings. The summed E-state index contributed by atoms with van der Waals surface area (Å²) >= 11 is 0. The fourth-order valence-corrected chi connectivity index (χ4v) is 3.32. The van der Waals surface area contributed by atoms with Crippen molar-refractivity contribution in [2.24, 2.45) is 17.3 Å². The molecule has 0 N–H and O–H groups in total. The molecule has 0 radical (unpaired) electrons. The zero-order valence-corrected chi connectivity index (χ0v) is 10.7. The van der Waals surface area contributed by atoms with Crippen LogP contribution in [0.2, 0.25) is 0 Å². The molecule has 2 aliphatic carbocycles. The molecule has 0 aromatic heterocycles. The second-order valence-corrected chi connectivity index (χ2v) is 5.94. The minimum absolute atomic E-state index is 0.246. The van der Waals surface area contributed by atoms with Gasteiger partial charge in [-0.15, -0.1) is 0 Å². The molecule has 16 heavy (non-hydrogen) atoms. The van der Waals surface area contributed by atoms with E-state index < -0.39 is 0 Å². The molecule has 2 rings (SSSR count). The Morgan fingerprint density at radius 1 is 1.56 bits per heavy atom. The SMILES string of the molecule is C=C(C)[C@@H]1CCC2=CC(=O)CC(C)C2(C)C1. The van der Waals surface area contributed by atoms with E-state index in [-0.39, 0.29) is 5.41 Å². The van der Waals surface area contributed by atoms with E-state index in [1.165, 1.54) is 24.0 Å². The van der Waals surface area contributed by atoms with E-state index in [1.807, 2.05) is 6.08 Å². The van der Waals surface area contributed by atoms with Crippen molar-refractivity contribution in [1.82, 2.24) is 0 Å². The lowest BCUT2D eigenvalue weighted by Crippen LogP contribution is -2.38. The van der Waals surface area contributed by atoms with E-state index in [0.29, 0.717) is 17.6 Å². The Morgan fingerprint density at radius 3 is 2.88 bits per heavy atom. The lowest BCUT2D eigenvalue weighted by Gasteiger charge is -2.47. The molecule has 0 spiro atoms. The van der Waals surface area contributed by atoms with Gasteiger partial charge in [0, 0.05) is 6.42 Å². The van der Waals surface area contributed by atoms with Crippen LogP contribution in [0.3, 0.4) is 0 Å². The second kappa shape index (κ2) is 3.87. The number of hydrogen-bond donors (Lipinski definition) is 0. The van der Waals surface area contributed by atoms with Crippen molar-refractivity contribution < 1.29 is 4.79 Å². The van der Waals surface area contributed by atoms with Crippen molar-refractivity contribution in [3.63, 3.8) is 0 Å². The third-order valence-corrected chi connectivity index (χ3v) is 4.79. The van der Waals surface area contributed by atoms with Crippen LogP contribution in [0, 0.1) is 17.3 Å². The number of allylic oxidation sites excluding steroid dienone is 3. The molecular formula is C15H22O. The molecule has 0 amide bonds. The van der Waals surface area contributed by atoms with Crippen molar-refractivity contribution in [3.8, 4) is 0 Å². The second-order valence-electron chi connectivity index (χ2n) is 5.94. The topological polar surface area (TPSA) is 17.1 Å². The number of hydrogen-bond acceptors (Lipinski definition) is 1. The lowest BCUT2D eigenvalue weighted by molar-refractivity contribution is -0.117. The summed E-state index contributed by atoms with van der Waals surface area (Å²) in [5.74, 6) is 1.47. The minimum atomic E-state index is 0.246. The van der Waals surface area contributed by atoms with E-state index >= 15 is 0 Å². The molecule has 1 saturated carbocycles. The standard InChI is InChI=1S/C15H22O/c1-10(2)12-5-6-13-8-14(16)7-11(3)15(13,4)9-12/h8,11-12H,1,5-7,9H2,2-4H3/t11?,12-,15?/m1/s1. The summed E-state index contributed by atoms with van der Waals surface area (Å²) in [7, 11) is 0. The Balaban J connectivity index is 2.30. The highest BCUT2D eigenvalue weighted by Crippen LogP contribution is 2.52. The van der Waals surface area contributed by atoms with Gasteiger partial charge in [0.15, 0.2) is 5.78 Å². The average molecular weight is 218 g/mol. The first kappa shape index (κ1) is 11.6. The van der Waals surface area contributed by atoms with Gasteiger partial charge in [0.05, 0.1) is 0 Å². The molecule has 0 aromatic rings. The van der Waals surface area contributed by atoms with Crippen LogP contribution in [0.5, 0.6) is 0 Å². The highest BCUT2D eigenvalue weighted by molar-refractivity contribution is 5.92. The first-order valence-corrected chi connectivity index (χ1v) is 6.33. The molecule has 0 aromatic carbocycles. The number of fused-ring (bicyclic) bond motifs is 1. The highest BCUT2D eigenvalue weighted by Gasteiger charge is 2.43. The maximum absolute atomic E-state index is 11.6. The summed E-state index contributed by atoms with van der Waals surface area (Å²) in [4.78, 5) is 11.6. The Kier molecular flexibility index (Phi) is 2.81. The lowest BCUT2D eigenvalue weighted by atomic mass is 9.57. The van der Waals surface area contributed by atoms with E-state index in [9.17, 15) is 4.79 Å². The third kappa shape index (κ3) is 1.77. The molecule has 1 fully saturated rings. The largest absolute Gasteiger partial charge is 0.295 e. The normalized spacial score (nSPS) is 38.9. The van der Waals surface area contributed by atoms with Gasteiger partial charge in [-0.05, 0) is 49.5 Å². The fourth-order valence-electron chi connectivity index (χ4n) is 3.32. The van der Waals surface area contributed by atoms with Crippen molar-refractivity contribution in [2.45, 2.75) is 46.5 Å². The number of carbonyl (C=O) groups is 1. The highest BCUT2D eigenvalue weighted by atomic mass is 16.1. The van der Waals surface area contributed by atoms with Crippen molar-refractivity contribution in [3.05, 3.63) is 23.8 Å². The van der Waals surface area contributed by atoms with Crippen LogP contribution in [0.15, 0.2) is 23.8 Å². The maximum atomic E-state index is 11.6. The van der Waals surface area contributed by atoms with Crippen LogP contribution < -0.4 is 0 Å². The molecule has 0 aliphatic heterocycles. The van der Waals surface area contributed by atoms with Gasteiger partial charge in [0.25, 0.3) is 0 Å². The van der Waals surface area contributed by atoms with Crippen molar-refractivity contribution in [1.29, 1.82) is 0 Å². The van der Waals surface area contributed by atoms with E-state index in [1.54, 1.807) is 0 Å². The predicted molar refractivity (Wildman–Crippen MR) is 67.1 cm³/mol. The number of carbonyl (C=O) groups excluding carboxylic acids is 1. The van der Waals surface area contributed by atoms with E-state index in [4.69, 9.17) is 0 Å². The summed E-state index contributed by atoms with van der Waals surface area (Å²) < 4.78 is 0. The molecule has 1 heteroatoms. The van der Waals surface area contributed by atoms with Gasteiger partial charge in [0.1, 0.15) is 0 Å². The first-order valence-electron chi connectivity index (χ1n) is 6.33. The van der Waals surface area contributed by atoms with E-state index in [0.717, 1.165) is 12.8 Å². The van der Waals surface area contributed by atoms with Gasteiger partial charge >= 0.3 is 0 Å². The van der Waals surface area contributed by atoms with Crippen LogP contribution in [-0.2, 0) is 4.79 Å². The van der Waals surface area contributed by atoms with E-state index in [2.05, 4.69) is 27.4 Å². The molecule has 0 bridgehead atoms. The van der Waals surface area contributed by atoms with Crippen molar-refractivity contribution in [2.75, 3.05) is 0 Å². The Morgan fingerprint density at radius 2 is 2.25 bits per heavy atom. The van der Waals surface area contributed by atoms with Crippen LogP contribution in [-0.4, -0.2) is 5.78 Å². The zero-order valence-electron chi connectivity index (χ0n) is 10.7. The average Bonchev–Trinajstić information content (AvgIpc) is 2.19. The molecule has 2 unspecified atom stereocenters. The van der Waals surface area contributed by atoms with Gasteiger partial charge in [-0.3, -0.25) is 4.79 Å². The van der Waals surface area contributed by atoms with Gasteiger partial charge in [-0.2, -0.15) is 0 Å². The van der Waals surface area contributed by atoms with Gasteiger partial charge in [-0.25, -0.2) is 0 Å². The zero-order chi connectivity index (χ0) is 11.9. The summed E-state index contributed by atoms with van der Waals surface area (Å²) in [6, 6.07) is 0. The molecule has 88 valence electrons. The summed E-state index contributed by atoms with van der Waals surface area (Å²) in [5, 5.41) is 0. The van der Waals surface area contributed by atoms with Gasteiger partial charge in [0.2, 0.25) is 0 Å². The predicted octanol–water partition coefficient (Wildman–Crippen LogP) is 3.90. The molecule has 1 nitrogen and oxygen atoms in total. The molecule has 0 heterocycles. The summed E-state index contributed by atoms with van der Waals surface area (Å²) in [6.07, 6.45) is 6.10. The molecule has 0 saturated heterocycles. The third-order valence-electron chi connectivity index (χ3n) is 4.79. The van der Waals surface area contributed by atoms with Crippen LogP contribution in [0.25, 0.3) is 0 Å². The Labute approximate surface area is 98.6 Å². The quantitative estimate of drug-likeness (QED) is 0.610. The van der Waals surface area contributed by atoms with Crippen LogP contribution >= 0.6 is 0 Å². The number of ketones is 1. The smallest absolute Gasteiger partial charge is 0.155 e. The Hall–Kier alpha value is -0.850. The molecule has 3 atom stereocenters. The summed E-state index contributed by atoms with van der Waals surface area (Å²) in [5.41, 5.74) is 2.95. The maximum Gasteiger partial charge on any atom is 0.155 e. The monoisotopic (exact) mass is 218 g/mol. The van der Waals surface area contributed by atoms with Crippen molar-refractivity contribution >= 4 is 5.78 Å². The van der Waals surface area contributed by atoms with Gasteiger partial charge < -0.3 is 0 Å². The summed E-state index contributed by atoms with van der Waals surface area (Å²) in [6.45, 7) is 10.8. The van der Waals surface area contributed by atoms with Crippen LogP contribution in [0.1, 0.15) is 46.5 Å².